The summed E-state index contributed by atoms with van der Waals surface area (Å²) in [7, 11) is -4.43. The minimum Gasteiger partial charge on any atom is -0.271 e. The van der Waals surface area contributed by atoms with Gasteiger partial charge in [0.05, 0.1) is 27.4 Å². The number of alkyl halides is 3. The van der Waals surface area contributed by atoms with Crippen molar-refractivity contribution in [2.24, 2.45) is 5.10 Å². The van der Waals surface area contributed by atoms with Gasteiger partial charge in [-0.25, -0.2) is 13.8 Å². The molecule has 0 saturated heterocycles. The molecule has 3 aromatic carbocycles. The normalized spacial score (nSPS) is 12.1. The molecule has 0 aliphatic heterocycles. The Morgan fingerprint density at radius 2 is 1.65 bits per heavy atom. The van der Waals surface area contributed by atoms with Crippen molar-refractivity contribution in [1.29, 1.82) is 0 Å². The lowest BCUT2D eigenvalue weighted by atomic mass is 10.00. The number of halogens is 4. The number of aryl methyl sites for hydroxylation is 2. The molecule has 0 bridgehead atoms. The van der Waals surface area contributed by atoms with Crippen molar-refractivity contribution >= 4 is 39.4 Å². The maximum Gasteiger partial charge on any atom is 0.417 e. The van der Waals surface area contributed by atoms with Crippen LogP contribution in [0.15, 0.2) is 64.6 Å². The maximum absolute atomic E-state index is 13.5. The van der Waals surface area contributed by atoms with Crippen molar-refractivity contribution in [3.8, 4) is 0 Å². The quantitative estimate of drug-likeness (QED) is 0.292. The zero-order valence-electron chi connectivity index (χ0n) is 20.5. The number of amides is 1. The standard InChI is InChI=1S/C26H25ClF3N3O3S/c1-16-5-10-22(11-6-16)37(35,36)33(21-9-12-24(27)23(13-21)26(28,29)30)15-25(34)32-31-14-20-8-7-17(2)18(3)19(20)4/h5-14H,15H2,1-4H3,(H,32,34)/b31-14-. The van der Waals surface area contributed by atoms with E-state index in [9.17, 15) is 26.4 Å². The van der Waals surface area contributed by atoms with E-state index in [2.05, 4.69) is 10.5 Å². The van der Waals surface area contributed by atoms with E-state index in [0.29, 0.717) is 10.4 Å². The highest BCUT2D eigenvalue weighted by Gasteiger charge is 2.35. The third kappa shape index (κ3) is 6.50. The minimum atomic E-state index is -4.83. The molecule has 37 heavy (non-hydrogen) atoms. The first kappa shape index (κ1) is 28.2. The number of anilines is 1. The fourth-order valence-corrected chi connectivity index (χ4v) is 5.13. The highest BCUT2D eigenvalue weighted by atomic mass is 35.5. The van der Waals surface area contributed by atoms with Gasteiger partial charge in [0.1, 0.15) is 6.54 Å². The van der Waals surface area contributed by atoms with Crippen LogP contribution in [0.4, 0.5) is 18.9 Å². The van der Waals surface area contributed by atoms with Crippen LogP contribution in [0.25, 0.3) is 0 Å². The van der Waals surface area contributed by atoms with E-state index in [1.54, 1.807) is 19.1 Å². The molecule has 196 valence electrons. The second-order valence-electron chi connectivity index (χ2n) is 8.50. The smallest absolute Gasteiger partial charge is 0.271 e. The molecule has 3 aromatic rings. The van der Waals surface area contributed by atoms with E-state index in [0.717, 1.165) is 39.9 Å². The second kappa shape index (κ2) is 10.9. The summed E-state index contributed by atoms with van der Waals surface area (Å²) in [5, 5.41) is 3.31. The van der Waals surface area contributed by atoms with Crippen molar-refractivity contribution in [3.63, 3.8) is 0 Å². The number of carbonyl (C=O) groups is 1. The summed E-state index contributed by atoms with van der Waals surface area (Å²) in [5.74, 6) is -0.850. The van der Waals surface area contributed by atoms with Crippen LogP contribution < -0.4 is 9.73 Å². The number of hydrogen-bond acceptors (Lipinski definition) is 4. The van der Waals surface area contributed by atoms with E-state index in [1.807, 2.05) is 32.9 Å². The largest absolute Gasteiger partial charge is 0.417 e. The summed E-state index contributed by atoms with van der Waals surface area (Å²) in [6.07, 6.45) is -3.41. The monoisotopic (exact) mass is 551 g/mol. The first-order valence-corrected chi connectivity index (χ1v) is 12.9. The summed E-state index contributed by atoms with van der Waals surface area (Å²) in [6, 6.07) is 12.1. The van der Waals surface area contributed by atoms with Gasteiger partial charge in [-0.2, -0.15) is 18.3 Å². The number of hydrazone groups is 1. The van der Waals surface area contributed by atoms with Gasteiger partial charge in [0.15, 0.2) is 0 Å². The van der Waals surface area contributed by atoms with Gasteiger partial charge < -0.3 is 0 Å². The molecule has 0 aliphatic carbocycles. The zero-order chi connectivity index (χ0) is 27.5. The molecule has 0 aliphatic rings. The molecule has 0 aromatic heterocycles. The molecule has 0 spiro atoms. The molecular weight excluding hydrogens is 527 g/mol. The second-order valence-corrected chi connectivity index (χ2v) is 10.8. The Bertz CT molecular complexity index is 1450. The van der Waals surface area contributed by atoms with Gasteiger partial charge in [-0.05, 0) is 80.3 Å². The van der Waals surface area contributed by atoms with Crippen molar-refractivity contribution in [2.75, 3.05) is 10.8 Å². The molecule has 11 heteroatoms. The van der Waals surface area contributed by atoms with Crippen LogP contribution in [0.3, 0.4) is 0 Å². The number of hydrogen-bond donors (Lipinski definition) is 1. The van der Waals surface area contributed by atoms with Crippen LogP contribution in [0, 0.1) is 27.7 Å². The van der Waals surface area contributed by atoms with Gasteiger partial charge in [0.2, 0.25) is 0 Å². The van der Waals surface area contributed by atoms with Gasteiger partial charge in [-0.1, -0.05) is 41.4 Å². The molecule has 1 N–H and O–H groups in total. The Kier molecular flexibility index (Phi) is 8.34. The average Bonchev–Trinajstić information content (AvgIpc) is 2.82. The highest BCUT2D eigenvalue weighted by molar-refractivity contribution is 7.92. The van der Waals surface area contributed by atoms with E-state index >= 15 is 0 Å². The SMILES string of the molecule is Cc1ccc(S(=O)(=O)N(CC(=O)N/N=C\c2ccc(C)c(C)c2C)c2ccc(Cl)c(C(F)(F)F)c2)cc1. The minimum absolute atomic E-state index is 0.191. The summed E-state index contributed by atoms with van der Waals surface area (Å²) in [5.41, 5.74) is 5.31. The van der Waals surface area contributed by atoms with Crippen LogP contribution >= 0.6 is 11.6 Å². The van der Waals surface area contributed by atoms with Crippen LogP contribution in [0.2, 0.25) is 5.02 Å². The first-order chi connectivity index (χ1) is 17.2. The summed E-state index contributed by atoms with van der Waals surface area (Å²) < 4.78 is 67.9. The topological polar surface area (TPSA) is 78.8 Å². The van der Waals surface area contributed by atoms with Crippen molar-refractivity contribution in [2.45, 2.75) is 38.8 Å². The third-order valence-electron chi connectivity index (χ3n) is 5.93. The van der Waals surface area contributed by atoms with Gasteiger partial charge in [0.25, 0.3) is 15.9 Å². The number of rotatable bonds is 7. The first-order valence-electron chi connectivity index (χ1n) is 11.1. The Hall–Kier alpha value is -3.37. The number of carbonyl (C=O) groups excluding carboxylic acids is 1. The Morgan fingerprint density at radius 1 is 1.00 bits per heavy atom. The molecule has 3 rings (SSSR count). The Balaban J connectivity index is 1.96. The van der Waals surface area contributed by atoms with E-state index < -0.39 is 39.2 Å². The molecular formula is C26H25ClF3N3O3S. The maximum atomic E-state index is 13.5. The lowest BCUT2D eigenvalue weighted by Crippen LogP contribution is -2.39. The van der Waals surface area contributed by atoms with E-state index in [4.69, 9.17) is 11.6 Å². The molecule has 0 fully saturated rings. The predicted octanol–water partition coefficient (Wildman–Crippen LogP) is 5.94. The zero-order valence-corrected chi connectivity index (χ0v) is 22.1. The van der Waals surface area contributed by atoms with E-state index in [-0.39, 0.29) is 10.6 Å². The highest BCUT2D eigenvalue weighted by Crippen LogP contribution is 2.38. The average molecular weight is 552 g/mol. The van der Waals surface area contributed by atoms with Crippen molar-refractivity contribution < 1.29 is 26.4 Å². The third-order valence-corrected chi connectivity index (χ3v) is 8.05. The van der Waals surface area contributed by atoms with Gasteiger partial charge >= 0.3 is 6.18 Å². The summed E-state index contributed by atoms with van der Waals surface area (Å²) in [4.78, 5) is 12.5. The van der Waals surface area contributed by atoms with E-state index in [1.165, 1.54) is 18.3 Å². The lowest BCUT2D eigenvalue weighted by molar-refractivity contribution is -0.137. The van der Waals surface area contributed by atoms with Crippen LogP contribution in [-0.4, -0.2) is 27.1 Å². The molecule has 1 amide bonds. The van der Waals surface area contributed by atoms with Crippen LogP contribution in [0.1, 0.15) is 33.4 Å². The van der Waals surface area contributed by atoms with Gasteiger partial charge in [-0.3, -0.25) is 9.10 Å². The predicted molar refractivity (Wildman–Crippen MR) is 139 cm³/mol. The molecule has 0 saturated carbocycles. The number of nitrogens with one attached hydrogen (secondary N) is 1. The number of nitrogens with zero attached hydrogens (tertiary/aromatic N) is 2. The molecule has 0 atom stereocenters. The summed E-state index contributed by atoms with van der Waals surface area (Å²) >= 11 is 5.71. The molecule has 0 unspecified atom stereocenters. The fourth-order valence-electron chi connectivity index (χ4n) is 3.49. The van der Waals surface area contributed by atoms with Crippen molar-refractivity contribution in [1.82, 2.24) is 5.43 Å². The lowest BCUT2D eigenvalue weighted by Gasteiger charge is -2.25. The van der Waals surface area contributed by atoms with Crippen LogP contribution in [0.5, 0.6) is 0 Å². The van der Waals surface area contributed by atoms with Gasteiger partial charge in [0, 0.05) is 0 Å². The Morgan fingerprint density at radius 3 is 2.27 bits per heavy atom. The number of sulfonamides is 1. The summed E-state index contributed by atoms with van der Waals surface area (Å²) in [6.45, 7) is 6.76. The molecule has 0 heterocycles. The van der Waals surface area contributed by atoms with Gasteiger partial charge in [-0.15, -0.1) is 0 Å². The van der Waals surface area contributed by atoms with Crippen molar-refractivity contribution in [3.05, 3.63) is 93.0 Å². The number of benzene rings is 3. The Labute approximate surface area is 218 Å². The molecule has 0 radical (unpaired) electrons. The molecule has 6 nitrogen and oxygen atoms in total. The van der Waals surface area contributed by atoms with Crippen LogP contribution in [-0.2, 0) is 21.0 Å². The fraction of sp³-hybridized carbons (Fsp3) is 0.231.